The van der Waals surface area contributed by atoms with E-state index in [1.54, 1.807) is 43.3 Å². The molecule has 1 N–H and O–H groups in total. The number of fused-ring (bicyclic) bond motifs is 1. The number of anilines is 1. The van der Waals surface area contributed by atoms with Gasteiger partial charge in [0.2, 0.25) is 0 Å². The highest BCUT2D eigenvalue weighted by Gasteiger charge is 2.28. The molecule has 0 saturated carbocycles. The van der Waals surface area contributed by atoms with E-state index in [1.807, 2.05) is 42.5 Å². The predicted molar refractivity (Wildman–Crippen MR) is 168 cm³/mol. The molecule has 0 atom stereocenters. The van der Waals surface area contributed by atoms with Crippen LogP contribution >= 0.6 is 11.6 Å². The number of carbonyl (C=O) groups excluding carboxylic acids is 1. The average molecular weight is 598 g/mol. The fourth-order valence-corrected chi connectivity index (χ4v) is 6.14. The molecular weight excluding hydrogens is 570 g/mol. The summed E-state index contributed by atoms with van der Waals surface area (Å²) >= 11 is 6.09. The normalized spacial score (nSPS) is 11.5. The quantitative estimate of drug-likeness (QED) is 0.143. The lowest BCUT2D eigenvalue weighted by molar-refractivity contribution is -0.119. The summed E-state index contributed by atoms with van der Waals surface area (Å²) in [5, 5.41) is 6.84. The number of ether oxygens (including phenoxy) is 1. The highest BCUT2D eigenvalue weighted by atomic mass is 35.5. The lowest BCUT2D eigenvalue weighted by Gasteiger charge is -2.25. The summed E-state index contributed by atoms with van der Waals surface area (Å²) < 4.78 is 34.0. The maximum Gasteiger partial charge on any atom is 0.264 e. The standard InChI is InChI=1S/C33H28ClN3O4S/c1-24-19-29(34)15-18-32(24)37(42(39,40)31-9-3-2-4-10-31)22-33(38)36-35-21-25-12-16-30(17-13-25)41-23-26-11-14-27-7-5-6-8-28(27)20-26/h2-21H,22-23H2,1H3,(H,36,38)/b35-21-. The van der Waals surface area contributed by atoms with Gasteiger partial charge in [0, 0.05) is 5.02 Å². The monoisotopic (exact) mass is 597 g/mol. The zero-order valence-corrected chi connectivity index (χ0v) is 24.3. The number of nitrogens with zero attached hydrogens (tertiary/aromatic N) is 2. The Bertz CT molecular complexity index is 1840. The third kappa shape index (κ3) is 6.97. The number of sulfonamides is 1. The molecule has 42 heavy (non-hydrogen) atoms. The molecule has 212 valence electrons. The van der Waals surface area contributed by atoms with Crippen LogP contribution in [0.1, 0.15) is 16.7 Å². The fourth-order valence-electron chi connectivity index (χ4n) is 4.41. The van der Waals surface area contributed by atoms with Gasteiger partial charge in [-0.1, -0.05) is 66.2 Å². The molecule has 7 nitrogen and oxygen atoms in total. The number of benzene rings is 5. The third-order valence-electron chi connectivity index (χ3n) is 6.55. The van der Waals surface area contributed by atoms with Gasteiger partial charge >= 0.3 is 0 Å². The van der Waals surface area contributed by atoms with Crippen molar-refractivity contribution in [2.24, 2.45) is 5.10 Å². The van der Waals surface area contributed by atoms with E-state index in [0.29, 0.717) is 28.6 Å². The lowest BCUT2D eigenvalue weighted by atomic mass is 10.1. The Hall–Kier alpha value is -4.66. The van der Waals surface area contributed by atoms with Crippen LogP contribution in [-0.4, -0.2) is 27.1 Å². The number of nitrogens with one attached hydrogen (secondary N) is 1. The van der Waals surface area contributed by atoms with Crippen LogP contribution in [0.2, 0.25) is 5.02 Å². The maximum absolute atomic E-state index is 13.5. The number of amides is 1. The van der Waals surface area contributed by atoms with Gasteiger partial charge in [0.25, 0.3) is 15.9 Å². The van der Waals surface area contributed by atoms with Crippen molar-refractivity contribution in [2.75, 3.05) is 10.8 Å². The second-order valence-corrected chi connectivity index (χ2v) is 11.9. The minimum atomic E-state index is -4.04. The van der Waals surface area contributed by atoms with E-state index in [2.05, 4.69) is 34.8 Å². The first kappa shape index (κ1) is 28.9. The number of hydrogen-bond donors (Lipinski definition) is 1. The summed E-state index contributed by atoms with van der Waals surface area (Å²) in [5.41, 5.74) is 5.19. The summed E-state index contributed by atoms with van der Waals surface area (Å²) in [6.07, 6.45) is 1.48. The van der Waals surface area contributed by atoms with E-state index in [1.165, 1.54) is 23.7 Å². The Kier molecular flexibility index (Phi) is 8.85. The van der Waals surface area contributed by atoms with Gasteiger partial charge in [-0.25, -0.2) is 13.8 Å². The Balaban J connectivity index is 1.22. The zero-order chi connectivity index (χ0) is 29.5. The largest absolute Gasteiger partial charge is 0.489 e. The number of hydrazone groups is 1. The molecule has 5 rings (SSSR count). The third-order valence-corrected chi connectivity index (χ3v) is 8.56. The van der Waals surface area contributed by atoms with Gasteiger partial charge in [0.1, 0.15) is 18.9 Å². The van der Waals surface area contributed by atoms with Gasteiger partial charge in [-0.3, -0.25) is 9.10 Å². The molecule has 0 aliphatic heterocycles. The number of hydrogen-bond acceptors (Lipinski definition) is 5. The van der Waals surface area contributed by atoms with Crippen LogP contribution in [0.3, 0.4) is 0 Å². The lowest BCUT2D eigenvalue weighted by Crippen LogP contribution is -2.40. The van der Waals surface area contributed by atoms with Gasteiger partial charge < -0.3 is 4.74 Å². The summed E-state index contributed by atoms with van der Waals surface area (Å²) in [6, 6.07) is 34.5. The molecule has 0 aromatic heterocycles. The average Bonchev–Trinajstić information content (AvgIpc) is 3.00. The smallest absolute Gasteiger partial charge is 0.264 e. The van der Waals surface area contributed by atoms with Crippen LogP contribution in [0.15, 0.2) is 125 Å². The number of rotatable bonds is 10. The molecule has 9 heteroatoms. The molecule has 0 unspecified atom stereocenters. The van der Waals surface area contributed by atoms with Crippen LogP contribution < -0.4 is 14.5 Å². The van der Waals surface area contributed by atoms with Crippen LogP contribution in [0.5, 0.6) is 5.75 Å². The van der Waals surface area contributed by atoms with Gasteiger partial charge in [0.15, 0.2) is 0 Å². The minimum absolute atomic E-state index is 0.0681. The molecule has 1 amide bonds. The van der Waals surface area contributed by atoms with Crippen molar-refractivity contribution in [1.29, 1.82) is 0 Å². The fraction of sp³-hybridized carbons (Fsp3) is 0.0909. The summed E-state index contributed by atoms with van der Waals surface area (Å²) in [7, 11) is -4.04. The molecule has 0 saturated heterocycles. The van der Waals surface area contributed by atoms with Gasteiger partial charge in [-0.05, 0) is 95.1 Å². The summed E-state index contributed by atoms with van der Waals surface area (Å²) in [5.74, 6) is 0.0971. The molecule has 0 aliphatic carbocycles. The van der Waals surface area contributed by atoms with Crippen molar-refractivity contribution in [3.8, 4) is 5.75 Å². The van der Waals surface area contributed by atoms with Crippen molar-refractivity contribution >= 4 is 50.2 Å². The molecular formula is C33H28ClN3O4S. The second-order valence-electron chi connectivity index (χ2n) is 9.59. The molecule has 5 aromatic carbocycles. The van der Waals surface area contributed by atoms with Gasteiger partial charge in [-0.2, -0.15) is 5.10 Å². The number of carbonyl (C=O) groups is 1. The van der Waals surface area contributed by atoms with Gasteiger partial charge in [-0.15, -0.1) is 0 Å². The minimum Gasteiger partial charge on any atom is -0.489 e. The molecule has 0 fully saturated rings. The van der Waals surface area contributed by atoms with Crippen molar-refractivity contribution < 1.29 is 17.9 Å². The Labute approximate surface area is 250 Å². The van der Waals surface area contributed by atoms with Gasteiger partial charge in [0.05, 0.1) is 16.8 Å². The van der Waals surface area contributed by atoms with Crippen LogP contribution in [-0.2, 0) is 21.4 Å². The van der Waals surface area contributed by atoms with E-state index in [0.717, 1.165) is 20.8 Å². The first-order valence-corrected chi connectivity index (χ1v) is 15.0. The number of aryl methyl sites for hydroxylation is 1. The SMILES string of the molecule is Cc1cc(Cl)ccc1N(CC(=O)N/N=C\c1ccc(OCc2ccc3ccccc3c2)cc1)S(=O)(=O)c1ccccc1. The first-order chi connectivity index (χ1) is 20.3. The Morgan fingerprint density at radius 1 is 0.881 bits per heavy atom. The second kappa shape index (κ2) is 12.9. The molecule has 0 aliphatic rings. The summed E-state index contributed by atoms with van der Waals surface area (Å²) in [4.78, 5) is 12.9. The topological polar surface area (TPSA) is 88.1 Å². The van der Waals surface area contributed by atoms with Crippen molar-refractivity contribution in [1.82, 2.24) is 5.43 Å². The molecule has 0 spiro atoms. The molecule has 5 aromatic rings. The molecule has 0 heterocycles. The van der Waals surface area contributed by atoms with Crippen LogP contribution in [0.25, 0.3) is 10.8 Å². The van der Waals surface area contributed by atoms with Crippen LogP contribution in [0, 0.1) is 6.92 Å². The number of halogens is 1. The Morgan fingerprint density at radius 2 is 1.60 bits per heavy atom. The van der Waals surface area contributed by atoms with E-state index in [-0.39, 0.29) is 4.90 Å². The van der Waals surface area contributed by atoms with E-state index < -0.39 is 22.5 Å². The summed E-state index contributed by atoms with van der Waals surface area (Å²) in [6.45, 7) is 1.70. The maximum atomic E-state index is 13.5. The van der Waals surface area contributed by atoms with E-state index in [9.17, 15) is 13.2 Å². The highest BCUT2D eigenvalue weighted by Crippen LogP contribution is 2.28. The van der Waals surface area contributed by atoms with Crippen molar-refractivity contribution in [3.05, 3.63) is 137 Å². The van der Waals surface area contributed by atoms with Crippen LogP contribution in [0.4, 0.5) is 5.69 Å². The zero-order valence-electron chi connectivity index (χ0n) is 22.8. The Morgan fingerprint density at radius 3 is 2.33 bits per heavy atom. The van der Waals surface area contributed by atoms with E-state index in [4.69, 9.17) is 16.3 Å². The van der Waals surface area contributed by atoms with Crippen molar-refractivity contribution in [3.63, 3.8) is 0 Å². The highest BCUT2D eigenvalue weighted by molar-refractivity contribution is 7.92. The predicted octanol–water partition coefficient (Wildman–Crippen LogP) is 6.73. The molecule has 0 radical (unpaired) electrons. The first-order valence-electron chi connectivity index (χ1n) is 13.2. The van der Waals surface area contributed by atoms with E-state index >= 15 is 0 Å². The molecule has 0 bridgehead atoms. The van der Waals surface area contributed by atoms with Crippen molar-refractivity contribution in [2.45, 2.75) is 18.4 Å².